The quantitative estimate of drug-likeness (QED) is 0.349. The number of nitro benzene ring substituents is 1. The van der Waals surface area contributed by atoms with E-state index in [1.54, 1.807) is 19.1 Å². The van der Waals surface area contributed by atoms with Gasteiger partial charge in [0.25, 0.3) is 11.6 Å². The zero-order chi connectivity index (χ0) is 22.8. The molecule has 11 heteroatoms. The van der Waals surface area contributed by atoms with E-state index in [9.17, 15) is 19.7 Å². The van der Waals surface area contributed by atoms with Crippen molar-refractivity contribution in [1.82, 2.24) is 19.7 Å². The van der Waals surface area contributed by atoms with Gasteiger partial charge in [-0.1, -0.05) is 30.8 Å². The van der Waals surface area contributed by atoms with Crippen molar-refractivity contribution in [3.8, 4) is 0 Å². The number of hydrogen-bond donors (Lipinski definition) is 0. The van der Waals surface area contributed by atoms with Crippen LogP contribution in [0.5, 0.6) is 0 Å². The molecule has 0 saturated carbocycles. The van der Waals surface area contributed by atoms with E-state index >= 15 is 0 Å². The van der Waals surface area contributed by atoms with Crippen molar-refractivity contribution in [3.63, 3.8) is 0 Å². The summed E-state index contributed by atoms with van der Waals surface area (Å²) in [7, 11) is 0. The van der Waals surface area contributed by atoms with E-state index in [1.165, 1.54) is 28.6 Å². The second-order valence-corrected chi connectivity index (χ2v) is 8.92. The number of esters is 1. The average molecular weight is 460 g/mol. The molecule has 1 aromatic carbocycles. The molecular weight excluding hydrogens is 434 g/mol. The molecule has 32 heavy (non-hydrogen) atoms. The summed E-state index contributed by atoms with van der Waals surface area (Å²) >= 11 is 1.38. The van der Waals surface area contributed by atoms with E-state index in [4.69, 9.17) is 4.74 Å². The summed E-state index contributed by atoms with van der Waals surface area (Å²) < 4.78 is 6.54. The van der Waals surface area contributed by atoms with Gasteiger partial charge in [-0.3, -0.25) is 24.6 Å². The number of thioether (sulfide) groups is 1. The molecule has 2 aliphatic rings. The average Bonchev–Trinajstić information content (AvgIpc) is 3.34. The van der Waals surface area contributed by atoms with Crippen molar-refractivity contribution in [3.05, 3.63) is 45.8 Å². The maximum absolute atomic E-state index is 13.2. The first-order chi connectivity index (χ1) is 15.4. The Morgan fingerprint density at radius 3 is 2.53 bits per heavy atom. The van der Waals surface area contributed by atoms with Crippen molar-refractivity contribution in [2.45, 2.75) is 49.6 Å². The number of rotatable bonds is 7. The maximum Gasteiger partial charge on any atom is 0.309 e. The van der Waals surface area contributed by atoms with Gasteiger partial charge < -0.3 is 4.74 Å². The van der Waals surface area contributed by atoms with Crippen LogP contribution in [0.2, 0.25) is 0 Å². The fourth-order valence-electron chi connectivity index (χ4n) is 4.24. The summed E-state index contributed by atoms with van der Waals surface area (Å²) in [5, 5.41) is 15.5. The number of piperidine rings is 1. The molecule has 10 nitrogen and oxygen atoms in total. The number of likely N-dealkylation sites (tertiary alicyclic amines) is 1. The highest BCUT2D eigenvalue weighted by molar-refractivity contribution is 8.00. The molecule has 170 valence electrons. The molecule has 0 radical (unpaired) electrons. The lowest BCUT2D eigenvalue weighted by Gasteiger charge is -2.38. The number of nitrogens with zero attached hydrogens (tertiary/aromatic N) is 5. The van der Waals surface area contributed by atoms with E-state index in [-0.39, 0.29) is 29.5 Å². The highest BCUT2D eigenvalue weighted by Gasteiger charge is 2.44. The number of carbonyl (C=O) groups is 2. The smallest absolute Gasteiger partial charge is 0.309 e. The van der Waals surface area contributed by atoms with Crippen LogP contribution in [0.4, 0.5) is 5.69 Å². The molecule has 4 rings (SSSR count). The van der Waals surface area contributed by atoms with Gasteiger partial charge in [0.2, 0.25) is 0 Å². The van der Waals surface area contributed by atoms with Crippen LogP contribution >= 0.6 is 11.8 Å². The topological polar surface area (TPSA) is 120 Å². The summed E-state index contributed by atoms with van der Waals surface area (Å²) in [5.74, 6) is 0.149. The molecule has 0 spiro atoms. The number of ether oxygens (including phenoxy) is 1. The molecule has 0 amide bonds. The number of aromatic nitrogens is 3. The number of carbonyl (C=O) groups excluding carboxylic acids is 2. The normalized spacial score (nSPS) is 20.2. The third-order valence-corrected chi connectivity index (χ3v) is 7.09. The van der Waals surface area contributed by atoms with E-state index in [0.29, 0.717) is 49.9 Å². The van der Waals surface area contributed by atoms with E-state index in [1.807, 2.05) is 6.92 Å². The first-order valence-electron chi connectivity index (χ1n) is 10.7. The molecule has 0 aliphatic carbocycles. The molecule has 2 aliphatic heterocycles. The molecule has 1 fully saturated rings. The molecule has 0 N–H and O–H groups in total. The van der Waals surface area contributed by atoms with Gasteiger partial charge in [-0.05, 0) is 38.4 Å². The predicted molar refractivity (Wildman–Crippen MR) is 116 cm³/mol. The fraction of sp³-hybridized carbons (Fsp3) is 0.524. The maximum atomic E-state index is 13.2. The van der Waals surface area contributed by atoms with Crippen LogP contribution in [0.25, 0.3) is 0 Å². The second-order valence-electron chi connectivity index (χ2n) is 7.81. The Morgan fingerprint density at radius 2 is 1.97 bits per heavy atom. The van der Waals surface area contributed by atoms with Crippen LogP contribution in [0.15, 0.2) is 29.4 Å². The summed E-state index contributed by atoms with van der Waals surface area (Å²) in [6.07, 6.45) is 1.92. The fourth-order valence-corrected chi connectivity index (χ4v) is 5.51. The Labute approximate surface area is 189 Å². The largest absolute Gasteiger partial charge is 0.466 e. The van der Waals surface area contributed by atoms with Crippen molar-refractivity contribution in [1.29, 1.82) is 0 Å². The first kappa shape index (κ1) is 22.4. The van der Waals surface area contributed by atoms with Crippen LogP contribution in [0.3, 0.4) is 0 Å². The van der Waals surface area contributed by atoms with Gasteiger partial charge in [-0.15, -0.1) is 5.10 Å². The second kappa shape index (κ2) is 9.37. The van der Waals surface area contributed by atoms with Gasteiger partial charge in [0, 0.05) is 18.6 Å². The lowest BCUT2D eigenvalue weighted by atomic mass is 9.92. The Bertz CT molecular complexity index is 1020. The molecule has 1 saturated heterocycles. The van der Waals surface area contributed by atoms with Crippen molar-refractivity contribution < 1.29 is 19.2 Å². The third kappa shape index (κ3) is 4.26. The molecule has 1 aromatic heterocycles. The molecule has 2 atom stereocenters. The summed E-state index contributed by atoms with van der Waals surface area (Å²) in [6.45, 7) is 5.32. The molecular formula is C21H25N5O5S. The van der Waals surface area contributed by atoms with E-state index in [2.05, 4.69) is 15.0 Å². The summed E-state index contributed by atoms with van der Waals surface area (Å²) in [5.41, 5.74) is 0.818. The van der Waals surface area contributed by atoms with Gasteiger partial charge in [0.15, 0.2) is 11.0 Å². The van der Waals surface area contributed by atoms with Crippen LogP contribution in [-0.2, 0) is 16.0 Å². The van der Waals surface area contributed by atoms with Gasteiger partial charge in [-0.25, -0.2) is 4.98 Å². The van der Waals surface area contributed by atoms with E-state index in [0.717, 1.165) is 5.56 Å². The number of aryl methyl sites for hydroxylation is 1. The van der Waals surface area contributed by atoms with Gasteiger partial charge in [0.05, 0.1) is 23.5 Å². The zero-order valence-electron chi connectivity index (χ0n) is 18.0. The number of non-ortho nitro benzene ring substituents is 1. The molecule has 2 aromatic rings. The number of benzene rings is 1. The minimum atomic E-state index is -0.475. The van der Waals surface area contributed by atoms with Crippen LogP contribution < -0.4 is 0 Å². The molecule has 3 heterocycles. The van der Waals surface area contributed by atoms with Gasteiger partial charge in [-0.2, -0.15) is 4.68 Å². The lowest BCUT2D eigenvalue weighted by Crippen LogP contribution is -2.44. The van der Waals surface area contributed by atoms with Gasteiger partial charge in [0.1, 0.15) is 5.25 Å². The van der Waals surface area contributed by atoms with Crippen LogP contribution in [-0.4, -0.2) is 61.4 Å². The highest BCUT2D eigenvalue weighted by atomic mass is 32.2. The molecule has 0 bridgehead atoms. The summed E-state index contributed by atoms with van der Waals surface area (Å²) in [6, 6.07) is 6.03. The minimum absolute atomic E-state index is 0.00102. The van der Waals surface area contributed by atoms with Crippen LogP contribution in [0.1, 0.15) is 48.9 Å². The van der Waals surface area contributed by atoms with Crippen molar-refractivity contribution in [2.24, 2.45) is 5.92 Å². The third-order valence-electron chi connectivity index (χ3n) is 5.90. The predicted octanol–water partition coefficient (Wildman–Crippen LogP) is 2.88. The van der Waals surface area contributed by atoms with E-state index < -0.39 is 10.2 Å². The number of fused-ring (bicyclic) bond motifs is 1. The monoisotopic (exact) mass is 459 g/mol. The summed E-state index contributed by atoms with van der Waals surface area (Å²) in [4.78, 5) is 42.7. The van der Waals surface area contributed by atoms with Gasteiger partial charge >= 0.3 is 5.97 Å². The minimum Gasteiger partial charge on any atom is -0.466 e. The number of nitro groups is 1. The number of hydrogen-bond acceptors (Lipinski definition) is 9. The van der Waals surface area contributed by atoms with Crippen molar-refractivity contribution in [2.75, 3.05) is 19.7 Å². The molecule has 2 unspecified atom stereocenters. The van der Waals surface area contributed by atoms with Crippen LogP contribution in [0, 0.1) is 16.0 Å². The first-order valence-corrected chi connectivity index (χ1v) is 11.6. The Hall–Kier alpha value is -2.79. The lowest BCUT2D eigenvalue weighted by molar-refractivity contribution is -0.384. The van der Waals surface area contributed by atoms with Crippen molar-refractivity contribution >= 4 is 29.3 Å². The highest BCUT2D eigenvalue weighted by Crippen LogP contribution is 2.42. The standard InChI is InChI=1S/C21H25N5O5S/c1-3-16-22-21-25(23-16)19(27)18(32-21)17(13-5-7-15(8-6-13)26(29)30)24-11-9-14(10-12-24)20(28)31-4-2/h5-8,14,17-18H,3-4,9-12H2,1-2H3. The Balaban J connectivity index is 1.60. The Kier molecular flexibility index (Phi) is 6.56. The Morgan fingerprint density at radius 1 is 1.28 bits per heavy atom. The SMILES string of the molecule is CCOC(=O)C1CCN(C(c2ccc([N+](=O)[O-])cc2)C2Sc3nc(CC)nn3C2=O)CC1. The zero-order valence-corrected chi connectivity index (χ0v) is 18.8.